The number of aromatic nitrogens is 2. The van der Waals surface area contributed by atoms with Crippen molar-refractivity contribution < 1.29 is 14.5 Å². The predicted octanol–water partition coefficient (Wildman–Crippen LogP) is 1.59. The number of rotatable bonds is 9. The number of nitrogens with one attached hydrogen (secondary N) is 1. The Morgan fingerprint density at radius 2 is 2.18 bits per heavy atom. The summed E-state index contributed by atoms with van der Waals surface area (Å²) < 4.78 is 6.72. The molecule has 0 spiro atoms. The third-order valence-electron chi connectivity index (χ3n) is 3.39. The van der Waals surface area contributed by atoms with Gasteiger partial charge in [-0.05, 0) is 27.2 Å². The van der Waals surface area contributed by atoms with Gasteiger partial charge in [0.05, 0.1) is 17.4 Å². The molecule has 1 amide bonds. The largest absolute Gasteiger partial charge is 0.382 e. The van der Waals surface area contributed by atoms with Crippen LogP contribution in [0.15, 0.2) is 0 Å². The van der Waals surface area contributed by atoms with Crippen molar-refractivity contribution in [2.24, 2.45) is 5.92 Å². The summed E-state index contributed by atoms with van der Waals surface area (Å²) in [5, 5.41) is 17.9. The highest BCUT2D eigenvalue weighted by Crippen LogP contribution is 2.22. The van der Waals surface area contributed by atoms with Gasteiger partial charge in [-0.1, -0.05) is 6.92 Å². The molecule has 1 aromatic rings. The zero-order valence-corrected chi connectivity index (χ0v) is 13.6. The number of nitro groups is 1. The molecule has 0 aliphatic rings. The quantitative estimate of drug-likeness (QED) is 0.424. The zero-order valence-electron chi connectivity index (χ0n) is 13.6. The van der Waals surface area contributed by atoms with Crippen molar-refractivity contribution in [2.45, 2.75) is 40.7 Å². The molecule has 8 heteroatoms. The SMILES string of the molecule is CCOCCCNC(=O)C(C)Cn1nc(C)c([N+](=O)[O-])c1C. The van der Waals surface area contributed by atoms with Gasteiger partial charge >= 0.3 is 5.69 Å². The van der Waals surface area contributed by atoms with E-state index in [1.165, 1.54) is 4.68 Å². The van der Waals surface area contributed by atoms with E-state index in [9.17, 15) is 14.9 Å². The van der Waals surface area contributed by atoms with E-state index in [1.807, 2.05) is 6.92 Å². The molecule has 0 fully saturated rings. The molecule has 0 saturated heterocycles. The lowest BCUT2D eigenvalue weighted by Gasteiger charge is -2.13. The second-order valence-electron chi connectivity index (χ2n) is 5.20. The summed E-state index contributed by atoms with van der Waals surface area (Å²) in [6.45, 7) is 9.10. The van der Waals surface area contributed by atoms with Crippen LogP contribution in [0.5, 0.6) is 0 Å². The molecule has 1 unspecified atom stereocenters. The summed E-state index contributed by atoms with van der Waals surface area (Å²) in [7, 11) is 0. The lowest BCUT2D eigenvalue weighted by Crippen LogP contribution is -2.33. The minimum Gasteiger partial charge on any atom is -0.382 e. The number of hydrogen-bond acceptors (Lipinski definition) is 5. The fraction of sp³-hybridized carbons (Fsp3) is 0.714. The molecule has 0 aromatic carbocycles. The summed E-state index contributed by atoms with van der Waals surface area (Å²) in [6.07, 6.45) is 0.762. The molecule has 0 saturated carbocycles. The Balaban J connectivity index is 2.54. The Labute approximate surface area is 130 Å². The summed E-state index contributed by atoms with van der Waals surface area (Å²) in [5.74, 6) is -0.406. The van der Waals surface area contributed by atoms with Crippen molar-refractivity contribution in [1.29, 1.82) is 0 Å². The van der Waals surface area contributed by atoms with Gasteiger partial charge < -0.3 is 10.1 Å². The minimum atomic E-state index is -0.438. The molecular weight excluding hydrogens is 288 g/mol. The van der Waals surface area contributed by atoms with Gasteiger partial charge in [0.2, 0.25) is 5.91 Å². The molecule has 1 rings (SSSR count). The summed E-state index contributed by atoms with van der Waals surface area (Å²) in [6, 6.07) is 0. The van der Waals surface area contributed by atoms with Gasteiger partial charge in [-0.15, -0.1) is 0 Å². The van der Waals surface area contributed by atoms with Gasteiger partial charge in [0, 0.05) is 19.8 Å². The maximum Gasteiger partial charge on any atom is 0.312 e. The van der Waals surface area contributed by atoms with E-state index >= 15 is 0 Å². The topological polar surface area (TPSA) is 99.3 Å². The molecule has 1 heterocycles. The standard InChI is InChI=1S/C14H24N4O4/c1-5-22-8-6-7-15-14(19)10(2)9-17-12(4)13(18(20)21)11(3)16-17/h10H,5-9H2,1-4H3,(H,15,19). The van der Waals surface area contributed by atoms with Crippen molar-refractivity contribution in [3.8, 4) is 0 Å². The van der Waals surface area contributed by atoms with Gasteiger partial charge in [-0.25, -0.2) is 0 Å². The molecule has 0 radical (unpaired) electrons. The Kier molecular flexibility index (Phi) is 6.97. The first kappa shape index (κ1) is 18.1. The van der Waals surface area contributed by atoms with E-state index in [0.717, 1.165) is 6.42 Å². The number of aryl methyl sites for hydroxylation is 1. The lowest BCUT2D eigenvalue weighted by atomic mass is 10.1. The predicted molar refractivity (Wildman–Crippen MR) is 81.6 cm³/mol. The number of nitrogens with zero attached hydrogens (tertiary/aromatic N) is 3. The molecule has 1 atom stereocenters. The fourth-order valence-electron chi connectivity index (χ4n) is 2.18. The maximum atomic E-state index is 12.0. The zero-order chi connectivity index (χ0) is 16.7. The van der Waals surface area contributed by atoms with Gasteiger partial charge in [0.25, 0.3) is 0 Å². The van der Waals surface area contributed by atoms with Crippen LogP contribution in [0.2, 0.25) is 0 Å². The van der Waals surface area contributed by atoms with E-state index < -0.39 is 4.92 Å². The van der Waals surface area contributed by atoms with Gasteiger partial charge in [-0.2, -0.15) is 5.10 Å². The lowest BCUT2D eigenvalue weighted by molar-refractivity contribution is -0.386. The van der Waals surface area contributed by atoms with Crippen LogP contribution < -0.4 is 5.32 Å². The molecule has 0 aliphatic carbocycles. The average Bonchev–Trinajstić information content (AvgIpc) is 2.72. The van der Waals surface area contributed by atoms with Crippen LogP contribution in [0.1, 0.15) is 31.7 Å². The minimum absolute atomic E-state index is 0.0179. The molecule has 1 N–H and O–H groups in total. The highest BCUT2D eigenvalue weighted by molar-refractivity contribution is 5.78. The van der Waals surface area contributed by atoms with Gasteiger partial charge in [0.15, 0.2) is 0 Å². The number of carbonyl (C=O) groups is 1. The first-order valence-corrected chi connectivity index (χ1v) is 7.42. The van der Waals surface area contributed by atoms with Crippen molar-refractivity contribution in [3.63, 3.8) is 0 Å². The van der Waals surface area contributed by atoms with Crippen molar-refractivity contribution in [2.75, 3.05) is 19.8 Å². The first-order chi connectivity index (χ1) is 10.4. The van der Waals surface area contributed by atoms with E-state index in [-0.39, 0.29) is 17.5 Å². The maximum absolute atomic E-state index is 12.0. The third kappa shape index (κ3) is 4.80. The molecule has 0 aliphatic heterocycles. The Bertz CT molecular complexity index is 527. The number of ether oxygens (including phenoxy) is 1. The first-order valence-electron chi connectivity index (χ1n) is 7.42. The molecule has 0 bridgehead atoms. The summed E-state index contributed by atoms with van der Waals surface area (Å²) >= 11 is 0. The van der Waals surface area contributed by atoms with Crippen molar-refractivity contribution in [3.05, 3.63) is 21.5 Å². The van der Waals surface area contributed by atoms with E-state index in [2.05, 4.69) is 10.4 Å². The normalized spacial score (nSPS) is 12.2. The number of carbonyl (C=O) groups excluding carboxylic acids is 1. The third-order valence-corrected chi connectivity index (χ3v) is 3.39. The van der Waals surface area contributed by atoms with Crippen molar-refractivity contribution >= 4 is 11.6 Å². The highest BCUT2D eigenvalue weighted by atomic mass is 16.6. The summed E-state index contributed by atoms with van der Waals surface area (Å²) in [5.41, 5.74) is 0.856. The molecule has 1 aromatic heterocycles. The summed E-state index contributed by atoms with van der Waals surface area (Å²) in [4.78, 5) is 22.5. The Morgan fingerprint density at radius 1 is 1.50 bits per heavy atom. The van der Waals surface area contributed by atoms with Crippen LogP contribution in [0.4, 0.5) is 5.69 Å². The van der Waals surface area contributed by atoms with Gasteiger partial charge in [-0.3, -0.25) is 19.6 Å². The Hall–Kier alpha value is -1.96. The van der Waals surface area contributed by atoms with E-state index in [0.29, 0.717) is 37.7 Å². The van der Waals surface area contributed by atoms with E-state index in [4.69, 9.17) is 4.74 Å². The second kappa shape index (κ2) is 8.47. The van der Waals surface area contributed by atoms with Gasteiger partial charge in [0.1, 0.15) is 11.4 Å². The van der Waals surface area contributed by atoms with Crippen LogP contribution in [-0.4, -0.2) is 40.4 Å². The van der Waals surface area contributed by atoms with Crippen LogP contribution in [-0.2, 0) is 16.1 Å². The number of hydrogen-bond donors (Lipinski definition) is 1. The Morgan fingerprint density at radius 3 is 2.73 bits per heavy atom. The molecule has 8 nitrogen and oxygen atoms in total. The molecule has 124 valence electrons. The fourth-order valence-corrected chi connectivity index (χ4v) is 2.18. The van der Waals surface area contributed by atoms with Crippen LogP contribution in [0.3, 0.4) is 0 Å². The number of amides is 1. The second-order valence-corrected chi connectivity index (χ2v) is 5.20. The van der Waals surface area contributed by atoms with Crippen LogP contribution >= 0.6 is 0 Å². The van der Waals surface area contributed by atoms with Crippen LogP contribution in [0, 0.1) is 29.9 Å². The smallest absolute Gasteiger partial charge is 0.312 e. The average molecular weight is 312 g/mol. The van der Waals surface area contributed by atoms with E-state index in [1.54, 1.807) is 20.8 Å². The van der Waals surface area contributed by atoms with Crippen molar-refractivity contribution in [1.82, 2.24) is 15.1 Å². The molecule has 22 heavy (non-hydrogen) atoms. The highest BCUT2D eigenvalue weighted by Gasteiger charge is 2.23. The monoisotopic (exact) mass is 312 g/mol. The molecular formula is C14H24N4O4. The van der Waals surface area contributed by atoms with Crippen LogP contribution in [0.25, 0.3) is 0 Å².